The average molecular weight is 294 g/mol. The first kappa shape index (κ1) is 17.5. The first-order valence-corrected chi connectivity index (χ1v) is 7.22. The fraction of sp³-hybridized carbons (Fsp3) is 0.562. The van der Waals surface area contributed by atoms with E-state index in [1.165, 1.54) is 5.56 Å². The third kappa shape index (κ3) is 6.60. The number of ether oxygens (including phenoxy) is 2. The highest BCUT2D eigenvalue weighted by Crippen LogP contribution is 2.12. The zero-order chi connectivity index (χ0) is 15.7. The van der Waals surface area contributed by atoms with E-state index in [2.05, 4.69) is 17.6 Å². The summed E-state index contributed by atoms with van der Waals surface area (Å²) < 4.78 is 10.0. The lowest BCUT2D eigenvalue weighted by Gasteiger charge is -2.19. The molecule has 5 nitrogen and oxygen atoms in total. The van der Waals surface area contributed by atoms with Gasteiger partial charge in [0.15, 0.2) is 0 Å². The molecule has 0 aliphatic carbocycles. The Bertz CT molecular complexity index is 420. The normalized spacial score (nSPS) is 13.5. The van der Waals surface area contributed by atoms with Crippen molar-refractivity contribution in [3.05, 3.63) is 29.8 Å². The van der Waals surface area contributed by atoms with Gasteiger partial charge in [0.25, 0.3) is 0 Å². The van der Waals surface area contributed by atoms with Gasteiger partial charge >= 0.3 is 0 Å². The molecule has 0 bridgehead atoms. The van der Waals surface area contributed by atoms with Gasteiger partial charge in [0.1, 0.15) is 5.75 Å². The van der Waals surface area contributed by atoms with Crippen molar-refractivity contribution in [2.45, 2.75) is 32.4 Å². The van der Waals surface area contributed by atoms with E-state index in [1.807, 2.05) is 31.2 Å². The largest absolute Gasteiger partial charge is 0.497 e. The number of amides is 1. The van der Waals surface area contributed by atoms with Gasteiger partial charge in [-0.05, 0) is 38.0 Å². The molecular weight excluding hydrogens is 268 g/mol. The van der Waals surface area contributed by atoms with Crippen LogP contribution < -0.4 is 15.4 Å². The van der Waals surface area contributed by atoms with Crippen LogP contribution in [0.1, 0.15) is 19.4 Å². The molecule has 0 saturated heterocycles. The molecule has 2 unspecified atom stereocenters. The number of nitrogens with one attached hydrogen (secondary N) is 2. The van der Waals surface area contributed by atoms with Crippen LogP contribution in [0.2, 0.25) is 0 Å². The number of rotatable bonds is 9. The Hall–Kier alpha value is -1.59. The van der Waals surface area contributed by atoms with Gasteiger partial charge in [-0.2, -0.15) is 0 Å². The molecule has 0 spiro atoms. The molecule has 0 saturated carbocycles. The van der Waals surface area contributed by atoms with Gasteiger partial charge in [0.2, 0.25) is 5.91 Å². The Labute approximate surface area is 127 Å². The molecule has 0 radical (unpaired) electrons. The van der Waals surface area contributed by atoms with Gasteiger partial charge in [-0.25, -0.2) is 0 Å². The van der Waals surface area contributed by atoms with Gasteiger partial charge in [-0.1, -0.05) is 12.1 Å². The van der Waals surface area contributed by atoms with Crippen LogP contribution in [0.5, 0.6) is 5.75 Å². The van der Waals surface area contributed by atoms with E-state index < -0.39 is 0 Å². The Balaban J connectivity index is 2.37. The molecular formula is C16H26N2O3. The van der Waals surface area contributed by atoms with E-state index in [1.54, 1.807) is 14.2 Å². The number of benzene rings is 1. The van der Waals surface area contributed by atoms with E-state index in [9.17, 15) is 4.79 Å². The first-order chi connectivity index (χ1) is 10.1. The summed E-state index contributed by atoms with van der Waals surface area (Å²) in [5.41, 5.74) is 1.21. The molecule has 1 aromatic rings. The maximum atomic E-state index is 11.8. The number of carbonyl (C=O) groups is 1. The molecule has 2 N–H and O–H groups in total. The highest BCUT2D eigenvalue weighted by molar-refractivity contribution is 5.81. The minimum Gasteiger partial charge on any atom is -0.497 e. The number of hydrogen-bond donors (Lipinski definition) is 2. The van der Waals surface area contributed by atoms with Crippen LogP contribution in [0.4, 0.5) is 0 Å². The zero-order valence-corrected chi connectivity index (χ0v) is 13.3. The average Bonchev–Trinajstić information content (AvgIpc) is 2.48. The zero-order valence-electron chi connectivity index (χ0n) is 13.3. The third-order valence-corrected chi connectivity index (χ3v) is 3.23. The van der Waals surface area contributed by atoms with E-state index >= 15 is 0 Å². The van der Waals surface area contributed by atoms with Gasteiger partial charge in [-0.15, -0.1) is 0 Å². The topological polar surface area (TPSA) is 59.6 Å². The fourth-order valence-electron chi connectivity index (χ4n) is 2.11. The van der Waals surface area contributed by atoms with Gasteiger partial charge in [-0.3, -0.25) is 4.79 Å². The molecule has 0 fully saturated rings. The quantitative estimate of drug-likeness (QED) is 0.675. The summed E-state index contributed by atoms with van der Waals surface area (Å²) >= 11 is 0. The molecule has 0 aliphatic rings. The third-order valence-electron chi connectivity index (χ3n) is 3.23. The Morgan fingerprint density at radius 2 is 1.86 bits per heavy atom. The number of hydrogen-bond acceptors (Lipinski definition) is 4. The van der Waals surface area contributed by atoms with Crippen molar-refractivity contribution in [2.24, 2.45) is 0 Å². The van der Waals surface area contributed by atoms with Crippen molar-refractivity contribution in [3.8, 4) is 5.75 Å². The molecule has 0 aromatic heterocycles. The summed E-state index contributed by atoms with van der Waals surface area (Å²) in [5, 5.41) is 6.12. The molecule has 0 aliphatic heterocycles. The number of methoxy groups -OCH3 is 2. The maximum absolute atomic E-state index is 11.8. The lowest BCUT2D eigenvalue weighted by molar-refractivity contribution is -0.123. The lowest BCUT2D eigenvalue weighted by atomic mass is 10.1. The molecule has 21 heavy (non-hydrogen) atoms. The minimum atomic E-state index is -0.227. The predicted octanol–water partition coefficient (Wildman–Crippen LogP) is 1.37. The Morgan fingerprint density at radius 1 is 1.19 bits per heavy atom. The second-order valence-electron chi connectivity index (χ2n) is 5.13. The fourth-order valence-corrected chi connectivity index (χ4v) is 2.11. The Kier molecular flexibility index (Phi) is 7.79. The molecule has 2 atom stereocenters. The molecule has 1 rings (SSSR count). The van der Waals surface area contributed by atoms with Crippen LogP contribution in [-0.4, -0.2) is 45.4 Å². The second kappa shape index (κ2) is 9.37. The van der Waals surface area contributed by atoms with Gasteiger partial charge < -0.3 is 20.1 Å². The van der Waals surface area contributed by atoms with E-state index in [-0.39, 0.29) is 18.0 Å². The SMILES string of the molecule is COCCNC(=O)C(C)NC(C)Cc1ccc(OC)cc1. The van der Waals surface area contributed by atoms with Crippen LogP contribution in [0.3, 0.4) is 0 Å². The molecule has 1 aromatic carbocycles. The van der Waals surface area contributed by atoms with Gasteiger partial charge in [0.05, 0.1) is 19.8 Å². The second-order valence-corrected chi connectivity index (χ2v) is 5.13. The summed E-state index contributed by atoms with van der Waals surface area (Å²) in [7, 11) is 3.27. The van der Waals surface area contributed by atoms with Crippen molar-refractivity contribution in [2.75, 3.05) is 27.4 Å². The summed E-state index contributed by atoms with van der Waals surface area (Å²) in [6, 6.07) is 7.96. The van der Waals surface area contributed by atoms with Crippen LogP contribution >= 0.6 is 0 Å². The van der Waals surface area contributed by atoms with Crippen molar-refractivity contribution < 1.29 is 14.3 Å². The van der Waals surface area contributed by atoms with Crippen LogP contribution in [0, 0.1) is 0 Å². The highest BCUT2D eigenvalue weighted by atomic mass is 16.5. The maximum Gasteiger partial charge on any atom is 0.236 e. The monoisotopic (exact) mass is 294 g/mol. The van der Waals surface area contributed by atoms with Gasteiger partial charge in [0, 0.05) is 19.7 Å². The Morgan fingerprint density at radius 3 is 2.43 bits per heavy atom. The van der Waals surface area contributed by atoms with Crippen LogP contribution in [-0.2, 0) is 16.0 Å². The highest BCUT2D eigenvalue weighted by Gasteiger charge is 2.14. The molecule has 0 heterocycles. The minimum absolute atomic E-state index is 0.00590. The van der Waals surface area contributed by atoms with Crippen molar-refractivity contribution >= 4 is 5.91 Å². The summed E-state index contributed by atoms with van der Waals surface area (Å²) in [4.78, 5) is 11.8. The number of carbonyl (C=O) groups excluding carboxylic acids is 1. The molecule has 1 amide bonds. The smallest absolute Gasteiger partial charge is 0.236 e. The summed E-state index contributed by atoms with van der Waals surface area (Å²) in [6.45, 7) is 5.00. The first-order valence-electron chi connectivity index (χ1n) is 7.22. The molecule has 118 valence electrons. The lowest BCUT2D eigenvalue weighted by Crippen LogP contribution is -2.47. The molecule has 5 heteroatoms. The standard InChI is InChI=1S/C16H26N2O3/c1-12(11-14-5-7-15(21-4)8-6-14)18-13(2)16(19)17-9-10-20-3/h5-8,12-13,18H,9-11H2,1-4H3,(H,17,19). The van der Waals surface area contributed by atoms with Crippen molar-refractivity contribution in [3.63, 3.8) is 0 Å². The van der Waals surface area contributed by atoms with E-state index in [4.69, 9.17) is 9.47 Å². The van der Waals surface area contributed by atoms with Crippen molar-refractivity contribution in [1.82, 2.24) is 10.6 Å². The van der Waals surface area contributed by atoms with E-state index in [0.717, 1.165) is 12.2 Å². The summed E-state index contributed by atoms with van der Waals surface area (Å²) in [6.07, 6.45) is 0.861. The summed E-state index contributed by atoms with van der Waals surface area (Å²) in [5.74, 6) is 0.846. The van der Waals surface area contributed by atoms with Crippen LogP contribution in [0.15, 0.2) is 24.3 Å². The van der Waals surface area contributed by atoms with E-state index in [0.29, 0.717) is 13.2 Å². The van der Waals surface area contributed by atoms with Crippen LogP contribution in [0.25, 0.3) is 0 Å². The predicted molar refractivity (Wildman–Crippen MR) is 83.6 cm³/mol. The van der Waals surface area contributed by atoms with Crippen molar-refractivity contribution in [1.29, 1.82) is 0 Å².